The zero-order valence-electron chi connectivity index (χ0n) is 5.20. The lowest BCUT2D eigenvalue weighted by Gasteiger charge is -2.25. The van der Waals surface area contributed by atoms with Gasteiger partial charge in [0.15, 0.2) is 0 Å². The van der Waals surface area contributed by atoms with Crippen LogP contribution in [0.5, 0.6) is 0 Å². The first kappa shape index (κ1) is 6.35. The Morgan fingerprint density at radius 1 is 1.89 bits per heavy atom. The summed E-state index contributed by atoms with van der Waals surface area (Å²) in [6.07, 6.45) is -0.881. The van der Waals surface area contributed by atoms with Crippen LogP contribution in [0, 0.1) is 0 Å². The fourth-order valence-corrected chi connectivity index (χ4v) is 0.721. The van der Waals surface area contributed by atoms with E-state index in [-0.39, 0.29) is 12.7 Å². The molecular formula is C5H9NO3. The largest absolute Gasteiger partial charge is 0.447 e. The number of amides is 1. The number of likely N-dealkylation sites (N-methyl/N-ethyl adjacent to an activating group) is 1. The lowest BCUT2D eigenvalue weighted by molar-refractivity contribution is 0.00210. The van der Waals surface area contributed by atoms with Gasteiger partial charge in [-0.2, -0.15) is 0 Å². The summed E-state index contributed by atoms with van der Waals surface area (Å²) < 4.78 is 4.54. The standard InChI is InChI=1S/C5H9NO3/c1-6-2-4(7)3-9-5(6)8/h4,7H,2-3H2,1H3. The Balaban J connectivity index is 2.44. The molecule has 0 radical (unpaired) electrons. The number of carbonyl (C=O) groups excluding carboxylic acids is 1. The molecule has 0 aromatic carbocycles. The summed E-state index contributed by atoms with van der Waals surface area (Å²) in [4.78, 5) is 11.9. The van der Waals surface area contributed by atoms with Crippen molar-refractivity contribution in [1.82, 2.24) is 4.90 Å². The Bertz CT molecular complexity index is 125. The van der Waals surface area contributed by atoms with E-state index in [2.05, 4.69) is 4.74 Å². The van der Waals surface area contributed by atoms with Crippen molar-refractivity contribution in [2.24, 2.45) is 0 Å². The van der Waals surface area contributed by atoms with Crippen molar-refractivity contribution < 1.29 is 14.6 Å². The third-order valence-electron chi connectivity index (χ3n) is 1.20. The van der Waals surface area contributed by atoms with Crippen LogP contribution in [0.25, 0.3) is 0 Å². The Morgan fingerprint density at radius 2 is 2.56 bits per heavy atom. The van der Waals surface area contributed by atoms with E-state index in [9.17, 15) is 4.79 Å². The molecule has 9 heavy (non-hydrogen) atoms. The summed E-state index contributed by atoms with van der Waals surface area (Å²) in [5.74, 6) is 0. The molecule has 1 fully saturated rings. The highest BCUT2D eigenvalue weighted by Crippen LogP contribution is 2.00. The summed E-state index contributed by atoms with van der Waals surface area (Å²) in [7, 11) is 1.59. The van der Waals surface area contributed by atoms with E-state index in [0.717, 1.165) is 0 Å². The molecule has 1 aliphatic rings. The van der Waals surface area contributed by atoms with Crippen molar-refractivity contribution in [3.63, 3.8) is 0 Å². The van der Waals surface area contributed by atoms with E-state index >= 15 is 0 Å². The number of hydrogen-bond donors (Lipinski definition) is 1. The summed E-state index contributed by atoms with van der Waals surface area (Å²) in [5, 5.41) is 8.88. The van der Waals surface area contributed by atoms with Crippen molar-refractivity contribution in [3.8, 4) is 0 Å². The normalized spacial score (nSPS) is 28.0. The molecule has 0 aromatic rings. The summed E-state index contributed by atoms with van der Waals surface area (Å²) in [6, 6.07) is 0. The van der Waals surface area contributed by atoms with Gasteiger partial charge in [0.2, 0.25) is 0 Å². The maximum atomic E-state index is 10.5. The van der Waals surface area contributed by atoms with E-state index in [1.54, 1.807) is 7.05 Å². The maximum Gasteiger partial charge on any atom is 0.409 e. The lowest BCUT2D eigenvalue weighted by atomic mass is 10.3. The van der Waals surface area contributed by atoms with Gasteiger partial charge >= 0.3 is 6.09 Å². The van der Waals surface area contributed by atoms with Gasteiger partial charge < -0.3 is 14.7 Å². The minimum atomic E-state index is -0.521. The van der Waals surface area contributed by atoms with Crippen LogP contribution in [0.3, 0.4) is 0 Å². The lowest BCUT2D eigenvalue weighted by Crippen LogP contribution is -2.43. The van der Waals surface area contributed by atoms with Crippen LogP contribution in [0.2, 0.25) is 0 Å². The van der Waals surface area contributed by atoms with Gasteiger partial charge in [-0.3, -0.25) is 0 Å². The third-order valence-corrected chi connectivity index (χ3v) is 1.20. The first-order valence-electron chi connectivity index (χ1n) is 2.76. The number of carbonyl (C=O) groups is 1. The fraction of sp³-hybridized carbons (Fsp3) is 0.800. The Kier molecular flexibility index (Phi) is 1.57. The van der Waals surface area contributed by atoms with Crippen LogP contribution >= 0.6 is 0 Å². The predicted octanol–water partition coefficient (Wildman–Crippen LogP) is -0.571. The quantitative estimate of drug-likeness (QED) is 0.479. The average Bonchev–Trinajstić information content (AvgIpc) is 1.80. The second-order valence-electron chi connectivity index (χ2n) is 2.11. The van der Waals surface area contributed by atoms with E-state index in [1.165, 1.54) is 4.90 Å². The smallest absolute Gasteiger partial charge is 0.409 e. The molecule has 1 rings (SSSR count). The predicted molar refractivity (Wildman–Crippen MR) is 30.0 cm³/mol. The zero-order chi connectivity index (χ0) is 6.85. The van der Waals surface area contributed by atoms with Gasteiger partial charge in [-0.25, -0.2) is 4.79 Å². The zero-order valence-corrected chi connectivity index (χ0v) is 5.20. The van der Waals surface area contributed by atoms with Crippen molar-refractivity contribution in [1.29, 1.82) is 0 Å². The molecule has 1 aliphatic heterocycles. The molecule has 4 nitrogen and oxygen atoms in total. The first-order chi connectivity index (χ1) is 4.20. The van der Waals surface area contributed by atoms with E-state index in [0.29, 0.717) is 6.54 Å². The van der Waals surface area contributed by atoms with Crippen LogP contribution < -0.4 is 0 Å². The van der Waals surface area contributed by atoms with Gasteiger partial charge in [0.25, 0.3) is 0 Å². The number of rotatable bonds is 0. The van der Waals surface area contributed by atoms with E-state index < -0.39 is 6.10 Å². The van der Waals surface area contributed by atoms with Gasteiger partial charge in [0, 0.05) is 7.05 Å². The van der Waals surface area contributed by atoms with Gasteiger partial charge in [0.05, 0.1) is 6.54 Å². The molecule has 0 bridgehead atoms. The molecule has 52 valence electrons. The Labute approximate surface area is 53.0 Å². The van der Waals surface area contributed by atoms with Crippen molar-refractivity contribution in [2.45, 2.75) is 6.10 Å². The van der Waals surface area contributed by atoms with E-state index in [1.807, 2.05) is 0 Å². The molecule has 4 heteroatoms. The van der Waals surface area contributed by atoms with Crippen LogP contribution in [0.15, 0.2) is 0 Å². The van der Waals surface area contributed by atoms with Crippen molar-refractivity contribution in [2.75, 3.05) is 20.2 Å². The molecule has 1 saturated heterocycles. The molecule has 0 spiro atoms. The average molecular weight is 131 g/mol. The molecule has 0 aromatic heterocycles. The molecule has 1 heterocycles. The third kappa shape index (κ3) is 1.32. The number of β-amino-alcohol motifs (C(OH)–C–C–N with tert-alkyl or cyclic N) is 1. The highest BCUT2D eigenvalue weighted by Gasteiger charge is 2.21. The minimum absolute atomic E-state index is 0.128. The molecule has 0 aliphatic carbocycles. The molecule has 1 amide bonds. The molecule has 0 saturated carbocycles. The first-order valence-corrected chi connectivity index (χ1v) is 2.76. The van der Waals surface area contributed by atoms with Gasteiger partial charge in [-0.1, -0.05) is 0 Å². The summed E-state index contributed by atoms with van der Waals surface area (Å²) in [6.45, 7) is 0.502. The molecule has 1 N–H and O–H groups in total. The SMILES string of the molecule is CN1CC(O)COC1=O. The second-order valence-corrected chi connectivity index (χ2v) is 2.11. The van der Waals surface area contributed by atoms with Gasteiger partial charge in [-0.05, 0) is 0 Å². The van der Waals surface area contributed by atoms with Crippen molar-refractivity contribution >= 4 is 6.09 Å². The highest BCUT2D eigenvalue weighted by atomic mass is 16.6. The van der Waals surface area contributed by atoms with Gasteiger partial charge in [-0.15, -0.1) is 0 Å². The van der Waals surface area contributed by atoms with Crippen molar-refractivity contribution in [3.05, 3.63) is 0 Å². The number of ether oxygens (including phenoxy) is 1. The number of cyclic esters (lactones) is 1. The topological polar surface area (TPSA) is 49.8 Å². The van der Waals surface area contributed by atoms with Crippen LogP contribution in [-0.2, 0) is 4.74 Å². The summed E-state index contributed by atoms with van der Waals surface area (Å²) >= 11 is 0. The molecule has 1 atom stereocenters. The Hall–Kier alpha value is -0.770. The number of hydrogen-bond acceptors (Lipinski definition) is 3. The highest BCUT2D eigenvalue weighted by molar-refractivity contribution is 5.67. The summed E-state index contributed by atoms with van der Waals surface area (Å²) in [5.41, 5.74) is 0. The monoisotopic (exact) mass is 131 g/mol. The van der Waals surface area contributed by atoms with Gasteiger partial charge in [0.1, 0.15) is 12.7 Å². The van der Waals surface area contributed by atoms with Crippen LogP contribution in [-0.4, -0.2) is 42.4 Å². The van der Waals surface area contributed by atoms with Crippen LogP contribution in [0.4, 0.5) is 4.79 Å². The molecule has 1 unspecified atom stereocenters. The maximum absolute atomic E-state index is 10.5. The van der Waals surface area contributed by atoms with E-state index in [4.69, 9.17) is 5.11 Å². The Morgan fingerprint density at radius 3 is 3.00 bits per heavy atom. The fourth-order valence-electron chi connectivity index (χ4n) is 0.721. The number of aliphatic hydroxyl groups is 1. The minimum Gasteiger partial charge on any atom is -0.447 e. The number of nitrogens with zero attached hydrogens (tertiary/aromatic N) is 1. The second kappa shape index (κ2) is 2.23. The number of aliphatic hydroxyl groups excluding tert-OH is 1. The molecular weight excluding hydrogens is 122 g/mol. The van der Waals surface area contributed by atoms with Crippen LogP contribution in [0.1, 0.15) is 0 Å².